The lowest BCUT2D eigenvalue weighted by Crippen LogP contribution is -2.59. The average Bonchev–Trinajstić information content (AvgIpc) is 3.70. The summed E-state index contributed by atoms with van der Waals surface area (Å²) in [5, 5.41) is 10.9. The number of rotatable bonds is 16. The highest BCUT2D eigenvalue weighted by Gasteiger charge is 2.77. The molecule has 3 aliphatic rings. The maximum atomic E-state index is 15.3. The summed E-state index contributed by atoms with van der Waals surface area (Å²) in [6.45, 7) is 19.0. The van der Waals surface area contributed by atoms with Crippen LogP contribution in [-0.2, 0) is 20.8 Å². The standard InChI is InChI=1S/C39H52N4O4S/c1-7-21-41(22-8-2)36(45)33-32-24-27(6)39(48-32)34(33)37(46)43(31(26-44)25-28-15-13-12-14-16-28)35(39)38(47)42(23-9-3)30-19-17-29(18-20-30)40(10-4)11-5/h7,9,12-20,27,31-35,44H,1,3,8,10-11,21-26H2,2,4-6H3/t27?,31-,32-,33+,34+,35?,39?/m1/s1. The zero-order valence-corrected chi connectivity index (χ0v) is 29.8. The molecule has 258 valence electrons. The van der Waals surface area contributed by atoms with Gasteiger partial charge in [0.1, 0.15) is 6.04 Å². The summed E-state index contributed by atoms with van der Waals surface area (Å²) in [4.78, 5) is 52.1. The molecular weight excluding hydrogens is 621 g/mol. The molecule has 1 spiro atoms. The van der Waals surface area contributed by atoms with Crippen molar-refractivity contribution in [3.63, 3.8) is 0 Å². The van der Waals surface area contributed by atoms with Gasteiger partial charge in [0.15, 0.2) is 0 Å². The van der Waals surface area contributed by atoms with Crippen LogP contribution in [0.2, 0.25) is 0 Å². The number of likely N-dealkylation sites (tertiary alicyclic amines) is 1. The van der Waals surface area contributed by atoms with Crippen LogP contribution < -0.4 is 9.80 Å². The second-order valence-electron chi connectivity index (χ2n) is 13.3. The number of nitrogens with zero attached hydrogens (tertiary/aromatic N) is 4. The zero-order chi connectivity index (χ0) is 34.6. The molecule has 3 unspecified atom stereocenters. The lowest BCUT2D eigenvalue weighted by atomic mass is 9.65. The maximum absolute atomic E-state index is 15.3. The van der Waals surface area contributed by atoms with Crippen LogP contribution in [0.25, 0.3) is 0 Å². The monoisotopic (exact) mass is 672 g/mol. The molecule has 9 heteroatoms. The lowest BCUT2D eigenvalue weighted by Gasteiger charge is -2.42. The first-order valence-corrected chi connectivity index (χ1v) is 18.4. The number of aliphatic hydroxyl groups is 1. The largest absolute Gasteiger partial charge is 0.394 e. The summed E-state index contributed by atoms with van der Waals surface area (Å²) in [7, 11) is 0. The smallest absolute Gasteiger partial charge is 0.251 e. The summed E-state index contributed by atoms with van der Waals surface area (Å²) < 4.78 is -0.810. The number of carbonyl (C=O) groups excluding carboxylic acids is 3. The SMILES string of the molecule is C=CCN(CCC)C(=O)[C@@H]1[C@H]2C(=O)N([C@@H](CO)Cc3ccccc3)C(C(=O)N(CC=C)c3ccc(N(CC)CC)cc3)C23S[C@@H]1CC3C. The summed E-state index contributed by atoms with van der Waals surface area (Å²) in [6.07, 6.45) is 5.40. The highest BCUT2D eigenvalue weighted by Crippen LogP contribution is 2.69. The molecule has 7 atom stereocenters. The zero-order valence-electron chi connectivity index (χ0n) is 29.0. The fourth-order valence-electron chi connectivity index (χ4n) is 8.51. The molecule has 1 N–H and O–H groups in total. The Morgan fingerprint density at radius 3 is 2.23 bits per heavy atom. The Balaban J connectivity index is 1.62. The van der Waals surface area contributed by atoms with E-state index in [0.717, 1.165) is 42.9 Å². The lowest BCUT2D eigenvalue weighted by molar-refractivity contribution is -0.145. The topological polar surface area (TPSA) is 84.4 Å². The predicted octanol–water partition coefficient (Wildman–Crippen LogP) is 5.42. The maximum Gasteiger partial charge on any atom is 0.251 e. The van der Waals surface area contributed by atoms with Crippen molar-refractivity contribution in [3.8, 4) is 0 Å². The Bertz CT molecular complexity index is 1460. The van der Waals surface area contributed by atoms with Gasteiger partial charge >= 0.3 is 0 Å². The van der Waals surface area contributed by atoms with E-state index in [2.05, 4.69) is 38.8 Å². The van der Waals surface area contributed by atoms with E-state index in [1.165, 1.54) is 0 Å². The molecule has 2 bridgehead atoms. The molecule has 3 heterocycles. The van der Waals surface area contributed by atoms with Gasteiger partial charge in [-0.3, -0.25) is 14.4 Å². The number of thioether (sulfide) groups is 1. The first-order chi connectivity index (χ1) is 23.2. The molecular formula is C39H52N4O4S. The van der Waals surface area contributed by atoms with E-state index in [9.17, 15) is 14.7 Å². The van der Waals surface area contributed by atoms with Gasteiger partial charge in [0.2, 0.25) is 11.8 Å². The number of hydrogen-bond acceptors (Lipinski definition) is 6. The van der Waals surface area contributed by atoms with Crippen molar-refractivity contribution < 1.29 is 19.5 Å². The molecule has 0 saturated carbocycles. The summed E-state index contributed by atoms with van der Waals surface area (Å²) in [5.41, 5.74) is 2.77. The Morgan fingerprint density at radius 2 is 1.65 bits per heavy atom. The van der Waals surface area contributed by atoms with E-state index < -0.39 is 28.7 Å². The highest BCUT2D eigenvalue weighted by molar-refractivity contribution is 8.02. The molecule has 5 rings (SSSR count). The molecule has 0 aromatic heterocycles. The Hall–Kier alpha value is -3.56. The molecule has 48 heavy (non-hydrogen) atoms. The van der Waals surface area contributed by atoms with Gasteiger partial charge in [-0.25, -0.2) is 0 Å². The van der Waals surface area contributed by atoms with Crippen LogP contribution in [0.15, 0.2) is 79.9 Å². The van der Waals surface area contributed by atoms with Crippen molar-refractivity contribution in [2.24, 2.45) is 17.8 Å². The second kappa shape index (κ2) is 15.3. The Morgan fingerprint density at radius 1 is 1.00 bits per heavy atom. The van der Waals surface area contributed by atoms with E-state index >= 15 is 4.79 Å². The Labute approximate surface area is 290 Å². The number of hydrogen-bond donors (Lipinski definition) is 1. The number of fused-ring (bicyclic) bond motifs is 1. The van der Waals surface area contributed by atoms with Crippen LogP contribution in [0.3, 0.4) is 0 Å². The van der Waals surface area contributed by atoms with Crippen molar-refractivity contribution in [2.45, 2.75) is 69.0 Å². The van der Waals surface area contributed by atoms with Crippen LogP contribution >= 0.6 is 11.8 Å². The van der Waals surface area contributed by atoms with Gasteiger partial charge in [-0.1, -0.05) is 56.3 Å². The van der Waals surface area contributed by atoms with Gasteiger partial charge in [0.05, 0.1) is 29.2 Å². The molecule has 2 aromatic rings. The number of benzene rings is 2. The van der Waals surface area contributed by atoms with Crippen LogP contribution in [0, 0.1) is 17.8 Å². The number of carbonyl (C=O) groups is 3. The van der Waals surface area contributed by atoms with E-state index in [1.54, 1.807) is 33.7 Å². The summed E-state index contributed by atoms with van der Waals surface area (Å²) in [5.74, 6) is -1.63. The van der Waals surface area contributed by atoms with Gasteiger partial charge < -0.3 is 24.7 Å². The average molecular weight is 673 g/mol. The third kappa shape index (κ3) is 6.20. The summed E-state index contributed by atoms with van der Waals surface area (Å²) >= 11 is 1.67. The molecule has 3 fully saturated rings. The third-order valence-corrected chi connectivity index (χ3v) is 12.7. The van der Waals surface area contributed by atoms with Gasteiger partial charge in [-0.2, -0.15) is 0 Å². The predicted molar refractivity (Wildman–Crippen MR) is 196 cm³/mol. The van der Waals surface area contributed by atoms with Gasteiger partial charge in [0.25, 0.3) is 5.91 Å². The molecule has 3 saturated heterocycles. The normalized spacial score (nSPS) is 26.2. The molecule has 3 aliphatic heterocycles. The molecule has 0 radical (unpaired) electrons. The first kappa shape index (κ1) is 35.7. The van der Waals surface area contributed by atoms with E-state index in [4.69, 9.17) is 0 Å². The van der Waals surface area contributed by atoms with Crippen molar-refractivity contribution in [3.05, 3.63) is 85.5 Å². The van der Waals surface area contributed by atoms with Gasteiger partial charge in [-0.15, -0.1) is 24.9 Å². The van der Waals surface area contributed by atoms with Gasteiger partial charge in [0, 0.05) is 49.3 Å². The highest BCUT2D eigenvalue weighted by atomic mass is 32.2. The fourth-order valence-corrected chi connectivity index (χ4v) is 10.9. The number of anilines is 2. The van der Waals surface area contributed by atoms with Crippen molar-refractivity contribution in [1.82, 2.24) is 9.80 Å². The second-order valence-corrected chi connectivity index (χ2v) is 14.9. The number of amides is 3. The Kier molecular flexibility index (Phi) is 11.4. The minimum Gasteiger partial charge on any atom is -0.394 e. The molecule has 3 amide bonds. The van der Waals surface area contributed by atoms with Crippen LogP contribution in [0.4, 0.5) is 11.4 Å². The fraction of sp³-hybridized carbons (Fsp3) is 0.513. The minimum absolute atomic E-state index is 0.00942. The molecule has 0 aliphatic carbocycles. The van der Waals surface area contributed by atoms with Crippen LogP contribution in [0.1, 0.15) is 46.1 Å². The quantitative estimate of drug-likeness (QED) is 0.240. The molecule has 8 nitrogen and oxygen atoms in total. The van der Waals surface area contributed by atoms with Crippen LogP contribution in [-0.4, -0.2) is 94.0 Å². The van der Waals surface area contributed by atoms with E-state index in [0.29, 0.717) is 19.5 Å². The minimum atomic E-state index is -0.861. The summed E-state index contributed by atoms with van der Waals surface area (Å²) in [6, 6.07) is 16.3. The van der Waals surface area contributed by atoms with Crippen molar-refractivity contribution >= 4 is 40.9 Å². The van der Waals surface area contributed by atoms with Crippen molar-refractivity contribution in [1.29, 1.82) is 0 Å². The van der Waals surface area contributed by atoms with Gasteiger partial charge in [-0.05, 0) is 68.9 Å². The van der Waals surface area contributed by atoms with E-state index in [1.807, 2.05) is 66.4 Å². The van der Waals surface area contributed by atoms with E-state index in [-0.39, 0.29) is 42.0 Å². The van der Waals surface area contributed by atoms with Crippen molar-refractivity contribution in [2.75, 3.05) is 49.1 Å². The first-order valence-electron chi connectivity index (χ1n) is 17.5. The third-order valence-electron chi connectivity index (χ3n) is 10.6. The number of aliphatic hydroxyl groups excluding tert-OH is 1. The van der Waals surface area contributed by atoms with Crippen LogP contribution in [0.5, 0.6) is 0 Å². The molecule has 2 aromatic carbocycles.